The van der Waals surface area contributed by atoms with Gasteiger partial charge in [-0.25, -0.2) is 0 Å². The maximum atomic E-state index is 11.0. The van der Waals surface area contributed by atoms with E-state index in [0.717, 1.165) is 25.7 Å². The van der Waals surface area contributed by atoms with Crippen LogP contribution in [0.1, 0.15) is 149 Å². The predicted octanol–water partition coefficient (Wildman–Crippen LogP) is 8.58. The van der Waals surface area contributed by atoms with Crippen molar-refractivity contribution in [1.29, 1.82) is 0 Å². The molecule has 1 nitrogen and oxygen atoms in total. The minimum absolute atomic E-state index is 0.362. The molecule has 152 valence electrons. The van der Waals surface area contributed by atoms with Crippen molar-refractivity contribution in [2.45, 2.75) is 155 Å². The largest absolute Gasteiger partial charge is 0.390 e. The molecule has 0 aromatic rings. The van der Waals surface area contributed by atoms with Gasteiger partial charge in [-0.1, -0.05) is 130 Å². The third-order valence-electron chi connectivity index (χ3n) is 5.71. The van der Waals surface area contributed by atoms with Crippen molar-refractivity contribution < 1.29 is 5.11 Å². The zero-order chi connectivity index (χ0) is 18.6. The molecule has 25 heavy (non-hydrogen) atoms. The van der Waals surface area contributed by atoms with Crippen LogP contribution in [0.3, 0.4) is 0 Å². The molecule has 0 aliphatic carbocycles. The van der Waals surface area contributed by atoms with E-state index in [4.69, 9.17) is 0 Å². The molecular formula is C24H50O. The van der Waals surface area contributed by atoms with Gasteiger partial charge in [-0.3, -0.25) is 0 Å². The number of hydrogen-bond donors (Lipinski definition) is 1. The molecule has 0 aromatic carbocycles. The lowest BCUT2D eigenvalue weighted by Gasteiger charge is -2.28. The molecule has 0 radical (unpaired) electrons. The summed E-state index contributed by atoms with van der Waals surface area (Å²) in [5, 5.41) is 11.0. The Morgan fingerprint density at radius 1 is 0.400 bits per heavy atom. The van der Waals surface area contributed by atoms with Gasteiger partial charge >= 0.3 is 0 Å². The van der Waals surface area contributed by atoms with Crippen LogP contribution < -0.4 is 0 Å². The highest BCUT2D eigenvalue weighted by atomic mass is 16.3. The molecule has 0 rings (SSSR count). The first-order valence-electron chi connectivity index (χ1n) is 11.9. The van der Waals surface area contributed by atoms with Gasteiger partial charge in [0.1, 0.15) is 0 Å². The van der Waals surface area contributed by atoms with Gasteiger partial charge < -0.3 is 5.11 Å². The summed E-state index contributed by atoms with van der Waals surface area (Å²) >= 11 is 0. The highest BCUT2D eigenvalue weighted by Crippen LogP contribution is 2.28. The molecule has 0 fully saturated rings. The second-order valence-corrected chi connectivity index (χ2v) is 8.42. The second-order valence-electron chi connectivity index (χ2n) is 8.42. The highest BCUT2D eigenvalue weighted by Gasteiger charge is 2.24. The molecule has 0 saturated carbocycles. The zero-order valence-electron chi connectivity index (χ0n) is 18.1. The molecule has 1 heteroatoms. The molecule has 0 aromatic heterocycles. The van der Waals surface area contributed by atoms with Crippen LogP contribution in [-0.4, -0.2) is 10.7 Å². The number of unbranched alkanes of at least 4 members (excludes halogenated alkanes) is 14. The van der Waals surface area contributed by atoms with Crippen LogP contribution in [0.5, 0.6) is 0 Å². The fraction of sp³-hybridized carbons (Fsp3) is 1.00. The van der Waals surface area contributed by atoms with Gasteiger partial charge in [0, 0.05) is 0 Å². The lowest BCUT2D eigenvalue weighted by atomic mass is 9.86. The summed E-state index contributed by atoms with van der Waals surface area (Å²) in [4.78, 5) is 0. The number of hydrogen-bond acceptors (Lipinski definition) is 1. The minimum Gasteiger partial charge on any atom is -0.390 e. The van der Waals surface area contributed by atoms with E-state index < -0.39 is 0 Å². The lowest BCUT2D eigenvalue weighted by Crippen LogP contribution is -2.28. The van der Waals surface area contributed by atoms with Gasteiger partial charge in [0.2, 0.25) is 0 Å². The Balaban J connectivity index is 3.66. The first kappa shape index (κ1) is 25.0. The van der Waals surface area contributed by atoms with E-state index >= 15 is 0 Å². The van der Waals surface area contributed by atoms with E-state index in [1.54, 1.807) is 0 Å². The molecule has 0 atom stereocenters. The third-order valence-corrected chi connectivity index (χ3v) is 5.71. The molecule has 0 aliphatic heterocycles. The molecule has 0 heterocycles. The SMILES string of the molecule is CCCCCCCCCCC(O)(CCC)CCCCCCCCCC. The van der Waals surface area contributed by atoms with E-state index in [1.807, 2.05) is 0 Å². The van der Waals surface area contributed by atoms with E-state index in [9.17, 15) is 5.11 Å². The van der Waals surface area contributed by atoms with Crippen LogP contribution in [0.25, 0.3) is 0 Å². The first-order valence-corrected chi connectivity index (χ1v) is 11.9. The normalized spacial score (nSPS) is 12.0. The third kappa shape index (κ3) is 17.1. The highest BCUT2D eigenvalue weighted by molar-refractivity contribution is 4.78. The second kappa shape index (κ2) is 18.7. The van der Waals surface area contributed by atoms with Crippen LogP contribution >= 0.6 is 0 Å². The molecule has 0 bridgehead atoms. The van der Waals surface area contributed by atoms with Gasteiger partial charge in [0.15, 0.2) is 0 Å². The lowest BCUT2D eigenvalue weighted by molar-refractivity contribution is 0.00876. The minimum atomic E-state index is -0.362. The Labute approximate surface area is 160 Å². The van der Waals surface area contributed by atoms with Gasteiger partial charge in [0.05, 0.1) is 5.60 Å². The first-order chi connectivity index (χ1) is 12.2. The number of rotatable bonds is 20. The predicted molar refractivity (Wildman–Crippen MR) is 114 cm³/mol. The van der Waals surface area contributed by atoms with Crippen LogP contribution in [0.2, 0.25) is 0 Å². The molecular weight excluding hydrogens is 304 g/mol. The fourth-order valence-electron chi connectivity index (χ4n) is 4.02. The van der Waals surface area contributed by atoms with Crippen molar-refractivity contribution in [3.05, 3.63) is 0 Å². The van der Waals surface area contributed by atoms with E-state index in [1.165, 1.54) is 103 Å². The summed E-state index contributed by atoms with van der Waals surface area (Å²) in [7, 11) is 0. The molecule has 0 aliphatic rings. The summed E-state index contributed by atoms with van der Waals surface area (Å²) < 4.78 is 0. The van der Waals surface area contributed by atoms with Crippen molar-refractivity contribution in [3.8, 4) is 0 Å². The van der Waals surface area contributed by atoms with E-state index in [0.29, 0.717) is 0 Å². The quantitative estimate of drug-likeness (QED) is 0.217. The molecule has 0 unspecified atom stereocenters. The monoisotopic (exact) mass is 354 g/mol. The van der Waals surface area contributed by atoms with Crippen molar-refractivity contribution in [2.24, 2.45) is 0 Å². The maximum Gasteiger partial charge on any atom is 0.0647 e. The van der Waals surface area contributed by atoms with Crippen molar-refractivity contribution >= 4 is 0 Å². The fourth-order valence-corrected chi connectivity index (χ4v) is 4.02. The van der Waals surface area contributed by atoms with Gasteiger partial charge in [-0.15, -0.1) is 0 Å². The van der Waals surface area contributed by atoms with E-state index in [2.05, 4.69) is 20.8 Å². The molecule has 0 spiro atoms. The number of aliphatic hydroxyl groups is 1. The summed E-state index contributed by atoms with van der Waals surface area (Å²) in [6.07, 6.45) is 25.9. The standard InChI is InChI=1S/C24H50O/c1-4-7-9-11-13-15-17-19-22-24(25,21-6-3)23-20-18-16-14-12-10-8-5-2/h25H,4-23H2,1-3H3. The molecule has 0 amide bonds. The topological polar surface area (TPSA) is 20.2 Å². The smallest absolute Gasteiger partial charge is 0.0647 e. The zero-order valence-corrected chi connectivity index (χ0v) is 18.1. The van der Waals surface area contributed by atoms with E-state index in [-0.39, 0.29) is 5.60 Å². The van der Waals surface area contributed by atoms with Crippen molar-refractivity contribution in [3.63, 3.8) is 0 Å². The maximum absolute atomic E-state index is 11.0. The summed E-state index contributed by atoms with van der Waals surface area (Å²) in [6, 6.07) is 0. The van der Waals surface area contributed by atoms with Gasteiger partial charge in [-0.2, -0.15) is 0 Å². The molecule has 0 saturated heterocycles. The Kier molecular flexibility index (Phi) is 18.7. The Morgan fingerprint density at radius 3 is 1.04 bits per heavy atom. The summed E-state index contributed by atoms with van der Waals surface area (Å²) in [5.74, 6) is 0. The van der Waals surface area contributed by atoms with Crippen LogP contribution in [0.4, 0.5) is 0 Å². The van der Waals surface area contributed by atoms with Crippen molar-refractivity contribution in [1.82, 2.24) is 0 Å². The average Bonchev–Trinajstić information content (AvgIpc) is 2.60. The van der Waals surface area contributed by atoms with Crippen LogP contribution in [0, 0.1) is 0 Å². The Hall–Kier alpha value is -0.0400. The van der Waals surface area contributed by atoms with Crippen LogP contribution in [0.15, 0.2) is 0 Å². The van der Waals surface area contributed by atoms with Gasteiger partial charge in [0.25, 0.3) is 0 Å². The molecule has 1 N–H and O–H groups in total. The summed E-state index contributed by atoms with van der Waals surface area (Å²) in [6.45, 7) is 6.77. The van der Waals surface area contributed by atoms with Gasteiger partial charge in [-0.05, 0) is 19.3 Å². The van der Waals surface area contributed by atoms with Crippen molar-refractivity contribution in [2.75, 3.05) is 0 Å². The Bertz CT molecular complexity index is 228. The Morgan fingerprint density at radius 2 is 0.720 bits per heavy atom. The summed E-state index contributed by atoms with van der Waals surface area (Å²) in [5.41, 5.74) is -0.362. The van der Waals surface area contributed by atoms with Crippen LogP contribution in [-0.2, 0) is 0 Å². The average molecular weight is 355 g/mol.